The number of halogens is 4. The first kappa shape index (κ1) is 34.0. The van der Waals surface area contributed by atoms with Crippen LogP contribution in [0.4, 0.5) is 17.6 Å². The van der Waals surface area contributed by atoms with Crippen LogP contribution in [0, 0.1) is 25.6 Å². The van der Waals surface area contributed by atoms with Gasteiger partial charge in [0.2, 0.25) is 0 Å². The molecule has 0 spiro atoms. The van der Waals surface area contributed by atoms with Gasteiger partial charge in [0.15, 0.2) is 11.6 Å². The van der Waals surface area contributed by atoms with Crippen LogP contribution in [0.5, 0.6) is 5.75 Å². The van der Waals surface area contributed by atoms with Gasteiger partial charge in [-0.05, 0) is 80.6 Å². The predicted octanol–water partition coefficient (Wildman–Crippen LogP) is 6.50. The Bertz CT molecular complexity index is 1670. The second-order valence-electron chi connectivity index (χ2n) is 13.4. The van der Waals surface area contributed by atoms with Crippen molar-refractivity contribution >= 4 is 11.8 Å². The van der Waals surface area contributed by atoms with E-state index in [-0.39, 0.29) is 40.5 Å². The van der Waals surface area contributed by atoms with Crippen molar-refractivity contribution in [3.05, 3.63) is 80.4 Å². The minimum Gasteiger partial charge on any atom is -0.494 e. The van der Waals surface area contributed by atoms with Crippen LogP contribution in [-0.4, -0.2) is 91.5 Å². The number of benzene rings is 2. The lowest BCUT2D eigenvalue weighted by molar-refractivity contribution is -0.138. The first-order valence-electron chi connectivity index (χ1n) is 16.5. The topological polar surface area (TPSA) is 41.0 Å². The van der Waals surface area contributed by atoms with Gasteiger partial charge >= 0.3 is 6.18 Å². The maximum absolute atomic E-state index is 15.8. The number of hydrogen-bond donors (Lipinski definition) is 0. The molecule has 3 aliphatic heterocycles. The van der Waals surface area contributed by atoms with Crippen molar-refractivity contribution in [1.82, 2.24) is 19.3 Å². The molecule has 0 amide bonds. The van der Waals surface area contributed by atoms with E-state index in [1.54, 1.807) is 36.6 Å². The maximum Gasteiger partial charge on any atom is 0.416 e. The third kappa shape index (κ3) is 7.00. The Labute approximate surface area is 278 Å². The fourth-order valence-electron chi connectivity index (χ4n) is 7.71. The minimum atomic E-state index is -4.53. The Morgan fingerprint density at radius 3 is 2.34 bits per heavy atom. The lowest BCUT2D eigenvalue weighted by Crippen LogP contribution is -2.50. The van der Waals surface area contributed by atoms with Gasteiger partial charge in [0.1, 0.15) is 0 Å². The molecule has 4 heterocycles. The molecular weight excluding hydrogens is 628 g/mol. The Balaban J connectivity index is 1.34. The van der Waals surface area contributed by atoms with Crippen LogP contribution >= 0.6 is 11.8 Å². The van der Waals surface area contributed by atoms with Crippen molar-refractivity contribution in [2.24, 2.45) is 5.92 Å². The Morgan fingerprint density at radius 2 is 1.66 bits per heavy atom. The third-order valence-electron chi connectivity index (χ3n) is 10.2. The molecule has 3 aromatic rings. The van der Waals surface area contributed by atoms with Crippen molar-refractivity contribution < 1.29 is 22.3 Å². The van der Waals surface area contributed by atoms with Gasteiger partial charge in [0.05, 0.1) is 29.3 Å². The van der Waals surface area contributed by atoms with Gasteiger partial charge in [-0.3, -0.25) is 14.3 Å². The van der Waals surface area contributed by atoms with E-state index in [1.807, 2.05) is 0 Å². The molecule has 0 radical (unpaired) electrons. The van der Waals surface area contributed by atoms with E-state index >= 15 is 4.39 Å². The highest BCUT2D eigenvalue weighted by Gasteiger charge is 2.37. The molecular formula is C36H44F4N4O2S. The summed E-state index contributed by atoms with van der Waals surface area (Å²) in [5, 5.41) is 0.681. The van der Waals surface area contributed by atoms with Crippen molar-refractivity contribution in [3.63, 3.8) is 0 Å². The molecule has 6 nitrogen and oxygen atoms in total. The van der Waals surface area contributed by atoms with Crippen molar-refractivity contribution in [3.8, 4) is 16.9 Å². The molecule has 0 saturated carbocycles. The zero-order valence-electron chi connectivity index (χ0n) is 27.6. The minimum absolute atomic E-state index is 0.00952. The van der Waals surface area contributed by atoms with Gasteiger partial charge in [0, 0.05) is 63.6 Å². The summed E-state index contributed by atoms with van der Waals surface area (Å²) < 4.78 is 65.4. The van der Waals surface area contributed by atoms with Gasteiger partial charge < -0.3 is 14.5 Å². The summed E-state index contributed by atoms with van der Waals surface area (Å²) in [6, 6.07) is 8.70. The normalized spacial score (nSPS) is 21.3. The van der Waals surface area contributed by atoms with E-state index in [2.05, 4.69) is 21.7 Å². The second-order valence-corrected chi connectivity index (χ2v) is 14.4. The summed E-state index contributed by atoms with van der Waals surface area (Å²) in [4.78, 5) is 21.8. The number of rotatable bonds is 8. The highest BCUT2D eigenvalue weighted by atomic mass is 32.2. The zero-order valence-corrected chi connectivity index (χ0v) is 28.4. The number of ether oxygens (including phenoxy) is 1. The maximum atomic E-state index is 15.8. The predicted molar refractivity (Wildman–Crippen MR) is 179 cm³/mol. The van der Waals surface area contributed by atoms with E-state index in [9.17, 15) is 18.0 Å². The molecule has 2 atom stereocenters. The van der Waals surface area contributed by atoms with E-state index < -0.39 is 17.6 Å². The first-order valence-corrected chi connectivity index (χ1v) is 17.5. The number of alkyl halides is 3. The van der Waals surface area contributed by atoms with Gasteiger partial charge in [-0.25, -0.2) is 4.39 Å². The number of methoxy groups -OCH3 is 1. The fraction of sp³-hybridized carbons (Fsp3) is 0.528. The van der Waals surface area contributed by atoms with Gasteiger partial charge in [-0.15, -0.1) is 11.8 Å². The highest BCUT2D eigenvalue weighted by molar-refractivity contribution is 7.99. The third-order valence-corrected chi connectivity index (χ3v) is 11.5. The molecule has 11 heteroatoms. The van der Waals surface area contributed by atoms with E-state index in [1.165, 1.54) is 50.4 Å². The average Bonchev–Trinajstić information content (AvgIpc) is 3.44. The molecule has 2 aromatic carbocycles. The van der Waals surface area contributed by atoms with Crippen LogP contribution in [0.15, 0.2) is 46.2 Å². The van der Waals surface area contributed by atoms with Gasteiger partial charge in [0.25, 0.3) is 5.56 Å². The molecule has 47 heavy (non-hydrogen) atoms. The summed E-state index contributed by atoms with van der Waals surface area (Å²) >= 11 is 1.52. The van der Waals surface area contributed by atoms with Crippen LogP contribution in [0.2, 0.25) is 0 Å². The molecule has 2 fully saturated rings. The number of aryl methyl sites for hydroxylation is 1. The summed E-state index contributed by atoms with van der Waals surface area (Å²) in [7, 11) is 3.56. The number of pyridine rings is 1. The molecule has 254 valence electrons. The summed E-state index contributed by atoms with van der Waals surface area (Å²) in [5.41, 5.74) is 1.11. The van der Waals surface area contributed by atoms with Crippen molar-refractivity contribution in [2.75, 3.05) is 72.3 Å². The van der Waals surface area contributed by atoms with E-state index in [0.29, 0.717) is 39.9 Å². The number of fused-ring (bicyclic) bond motifs is 1. The number of hydrogen-bond acceptors (Lipinski definition) is 6. The average molecular weight is 673 g/mol. The standard InChI is InChI=1S/C36H44F4N4O2S/c1-23-8-5-11-30(36(38,39)40)28(23)18-29-24(2)32(27-10-6-12-31(46-4)33(27)37)34(45)44-26(22-47-35(29)44)21-43-16-14-42(15-17-43)20-25-9-7-13-41(3)19-25/h5-6,8,10-12,25-26H,7,9,13-22H2,1-4H3. The van der Waals surface area contributed by atoms with Crippen LogP contribution in [0.3, 0.4) is 0 Å². The van der Waals surface area contributed by atoms with Gasteiger partial charge in [-0.2, -0.15) is 13.2 Å². The summed E-state index contributed by atoms with van der Waals surface area (Å²) in [6.45, 7) is 11.2. The van der Waals surface area contributed by atoms with Crippen LogP contribution in [0.1, 0.15) is 46.7 Å². The summed E-state index contributed by atoms with van der Waals surface area (Å²) in [6.07, 6.45) is -2.03. The molecule has 0 bridgehead atoms. The summed E-state index contributed by atoms with van der Waals surface area (Å²) in [5.74, 6) is 0.673. The Kier molecular flexibility index (Phi) is 10.1. The fourth-order valence-corrected chi connectivity index (χ4v) is 9.08. The lowest BCUT2D eigenvalue weighted by atomic mass is 9.90. The number of piperidine rings is 1. The molecule has 3 aliphatic rings. The monoisotopic (exact) mass is 672 g/mol. The quantitative estimate of drug-likeness (QED) is 0.255. The van der Waals surface area contributed by atoms with Crippen molar-refractivity contribution in [1.29, 1.82) is 0 Å². The molecule has 2 unspecified atom stereocenters. The number of aromatic nitrogens is 1. The van der Waals surface area contributed by atoms with E-state index in [0.717, 1.165) is 45.3 Å². The molecule has 2 saturated heterocycles. The second kappa shape index (κ2) is 13.9. The molecule has 6 rings (SSSR count). The number of nitrogens with zero attached hydrogens (tertiary/aromatic N) is 4. The van der Waals surface area contributed by atoms with Crippen LogP contribution in [0.25, 0.3) is 11.1 Å². The lowest BCUT2D eigenvalue weighted by Gasteiger charge is -2.39. The molecule has 0 N–H and O–H groups in total. The number of piperazine rings is 1. The first-order chi connectivity index (χ1) is 22.5. The SMILES string of the molecule is COc1cccc(-c2c(C)c(Cc3c(C)cccc3C(F)(F)F)c3n(c2=O)C(CN2CCN(CC4CCCN(C)C4)CC2)CS3)c1F. The van der Waals surface area contributed by atoms with E-state index in [4.69, 9.17) is 4.74 Å². The smallest absolute Gasteiger partial charge is 0.416 e. The Morgan fingerprint density at radius 1 is 0.957 bits per heavy atom. The number of thioether (sulfide) groups is 1. The van der Waals surface area contributed by atoms with Gasteiger partial charge in [-0.1, -0.05) is 24.3 Å². The van der Waals surface area contributed by atoms with Crippen LogP contribution in [-0.2, 0) is 12.6 Å². The molecule has 0 aliphatic carbocycles. The van der Waals surface area contributed by atoms with Crippen molar-refractivity contribution in [2.45, 2.75) is 50.4 Å². The van der Waals surface area contributed by atoms with Crippen LogP contribution < -0.4 is 10.3 Å². The number of likely N-dealkylation sites (tertiary alicyclic amines) is 1. The highest BCUT2D eigenvalue weighted by Crippen LogP contribution is 2.42. The largest absolute Gasteiger partial charge is 0.494 e. The zero-order chi connectivity index (χ0) is 33.5. The Hall–Kier alpha value is -2.86. The molecule has 1 aromatic heterocycles.